The van der Waals surface area contributed by atoms with Crippen LogP contribution in [0.25, 0.3) is 49.3 Å². The molecule has 0 radical (unpaired) electrons. The fraction of sp³-hybridized carbons (Fsp3) is 0.390. The number of thiazole rings is 5. The van der Waals surface area contributed by atoms with Gasteiger partial charge >= 0.3 is 11.9 Å². The van der Waals surface area contributed by atoms with Gasteiger partial charge in [-0.1, -0.05) is 12.1 Å². The van der Waals surface area contributed by atoms with Crippen molar-refractivity contribution in [3.8, 4) is 38.4 Å². The summed E-state index contributed by atoms with van der Waals surface area (Å²) in [5.41, 5.74) is 5.52. The van der Waals surface area contributed by atoms with Crippen molar-refractivity contribution in [3.63, 3.8) is 0 Å². The lowest BCUT2D eigenvalue weighted by molar-refractivity contribution is -0.268. The van der Waals surface area contributed by atoms with Crippen LogP contribution in [0, 0.1) is 0 Å². The second-order valence-corrected chi connectivity index (χ2v) is 26.8. The number of carbonyl (C=O) groups excluding carboxylic acids is 5. The molecule has 494 valence electrons. The molecule has 0 aliphatic carbocycles. The smallest absolute Gasteiger partial charge is 0.355 e. The number of hydrogen-bond donors (Lipinski definition) is 8. The van der Waals surface area contributed by atoms with E-state index in [0.717, 1.165) is 61.4 Å². The van der Waals surface area contributed by atoms with Crippen molar-refractivity contribution in [3.05, 3.63) is 112 Å². The van der Waals surface area contributed by atoms with Crippen LogP contribution in [0.4, 0.5) is 0 Å². The summed E-state index contributed by atoms with van der Waals surface area (Å²) in [7, 11) is 4.67. The minimum absolute atomic E-state index is 0.000332. The Morgan fingerprint density at radius 1 is 0.915 bits per heavy atom. The molecule has 4 amide bonds. The largest absolute Gasteiger partial charge is 0.499 e. The molecule has 9 N–H and O–H groups in total. The van der Waals surface area contributed by atoms with Gasteiger partial charge in [-0.05, 0) is 52.4 Å². The number of rotatable bonds is 16. The number of primary amides is 1. The summed E-state index contributed by atoms with van der Waals surface area (Å²) in [6.45, 7) is 5.62. The maximum Gasteiger partial charge on any atom is 0.355 e. The van der Waals surface area contributed by atoms with Crippen LogP contribution in [0.2, 0.25) is 0 Å². The minimum Gasteiger partial charge on any atom is -0.499 e. The van der Waals surface area contributed by atoms with Gasteiger partial charge in [0.1, 0.15) is 107 Å². The third kappa shape index (κ3) is 12.9. The number of aliphatic hydroxyl groups excluding tert-OH is 2. The van der Waals surface area contributed by atoms with E-state index >= 15 is 9.59 Å². The number of fused-ring (bicyclic) bond motifs is 5. The topological polar surface area (TPSA) is 405 Å². The molecule has 4 bridgehead atoms. The molecule has 30 nitrogen and oxygen atoms in total. The number of allylic oxidation sites excluding steroid dienone is 1. The molecule has 12 rings (SSSR count). The third-order valence-electron chi connectivity index (χ3n) is 16.0. The zero-order valence-corrected chi connectivity index (χ0v) is 54.9. The molecule has 35 heteroatoms. The molecule has 4 aliphatic rings. The van der Waals surface area contributed by atoms with Crippen molar-refractivity contribution < 1.29 is 87.2 Å². The number of benzene rings is 1. The lowest BCUT2D eigenvalue weighted by Crippen LogP contribution is -2.58. The number of nitrogens with zero attached hydrogens (tertiary/aromatic N) is 8. The van der Waals surface area contributed by atoms with E-state index in [0.29, 0.717) is 16.5 Å². The van der Waals surface area contributed by atoms with Crippen molar-refractivity contribution in [2.75, 3.05) is 34.6 Å². The highest BCUT2D eigenvalue weighted by molar-refractivity contribution is 7.14. The predicted octanol–water partition coefficient (Wildman–Crippen LogP) is 5.76. The number of pyridine rings is 1. The van der Waals surface area contributed by atoms with Gasteiger partial charge in [-0.3, -0.25) is 24.1 Å². The number of nitrogens with one attached hydrogen (secondary N) is 3. The van der Waals surface area contributed by atoms with Gasteiger partial charge in [-0.15, -0.1) is 56.7 Å². The van der Waals surface area contributed by atoms with E-state index in [4.69, 9.17) is 58.6 Å². The minimum atomic E-state index is -2.01. The summed E-state index contributed by atoms with van der Waals surface area (Å²) >= 11 is 5.03. The van der Waals surface area contributed by atoms with Crippen LogP contribution in [0.15, 0.2) is 56.9 Å². The fourth-order valence-corrected chi connectivity index (χ4v) is 15.8. The third-order valence-corrected chi connectivity index (χ3v) is 20.5. The Morgan fingerprint density at radius 2 is 1.65 bits per heavy atom. The summed E-state index contributed by atoms with van der Waals surface area (Å²) in [5, 5.41) is 61.3. The number of methoxy groups -OCH3 is 2. The molecule has 4 aliphatic heterocycles. The number of carboxylic acids is 1. The van der Waals surface area contributed by atoms with E-state index in [1.54, 1.807) is 36.6 Å². The number of amides is 4. The van der Waals surface area contributed by atoms with Gasteiger partial charge in [0, 0.05) is 49.8 Å². The second-order valence-electron chi connectivity index (χ2n) is 22.4. The molecule has 0 saturated carbocycles. The monoisotopic (exact) mass is 1380 g/mol. The molecule has 2 saturated heterocycles. The Morgan fingerprint density at radius 3 is 2.38 bits per heavy atom. The number of carboxylic acid groups (broad SMARTS) is 1. The molecule has 8 aromatic rings. The van der Waals surface area contributed by atoms with Crippen molar-refractivity contribution in [1.82, 2.24) is 55.5 Å². The van der Waals surface area contributed by atoms with Crippen molar-refractivity contribution in [2.24, 2.45) is 5.73 Å². The van der Waals surface area contributed by atoms with E-state index in [1.807, 2.05) is 25.8 Å². The van der Waals surface area contributed by atoms with Crippen molar-refractivity contribution in [1.29, 1.82) is 0 Å². The zero-order valence-electron chi connectivity index (χ0n) is 50.8. The van der Waals surface area contributed by atoms with Gasteiger partial charge in [0.25, 0.3) is 17.7 Å². The lowest BCUT2D eigenvalue weighted by Gasteiger charge is -2.45. The van der Waals surface area contributed by atoms with Crippen molar-refractivity contribution >= 4 is 109 Å². The zero-order chi connectivity index (χ0) is 66.6. The molecule has 1 aromatic carbocycles. The SMILES string of the molecule is CO/C(C)=C(/NC(=O)C[C@@H](C)O)c1nc(C(=O)N[C@@H]2c3nc(cs3)C(=O)N[C@H](c3nc(-c4nc(-c5nc(C(=O)O)cs5)c(OC)cc4-c4nc(C(N)=O)cs4)cs3)COC(O)c3c4c5c(cccc5n3O)COC(=O)[C@@H](O[C@H]3C[C@]5(C)OCN(C)[C@@H]5[C@H](C)O3)[C@H]2OC4)cs1. The molecule has 10 atom stereocenters. The molecule has 7 aromatic heterocycles. The number of hydrogen-bond acceptors (Lipinski definition) is 29. The number of likely N-dealkylation sites (N-methyl/N-ethyl adjacent to an activating group) is 1. The van der Waals surface area contributed by atoms with Gasteiger partial charge in [0.15, 0.2) is 18.1 Å². The molecule has 11 heterocycles. The van der Waals surface area contributed by atoms with E-state index in [1.165, 1.54) is 42.7 Å². The van der Waals surface area contributed by atoms with Gasteiger partial charge in [0.2, 0.25) is 12.2 Å². The highest BCUT2D eigenvalue weighted by Gasteiger charge is 2.54. The van der Waals surface area contributed by atoms with Gasteiger partial charge in [-0.2, -0.15) is 4.73 Å². The number of ether oxygens (including phenoxy) is 8. The lowest BCUT2D eigenvalue weighted by atomic mass is 9.86. The van der Waals surface area contributed by atoms with E-state index in [-0.39, 0.29) is 124 Å². The van der Waals surface area contributed by atoms with Crippen LogP contribution in [-0.2, 0) is 56.0 Å². The molecule has 94 heavy (non-hydrogen) atoms. The number of carbonyl (C=O) groups is 6. The second kappa shape index (κ2) is 26.8. The highest BCUT2D eigenvalue weighted by Crippen LogP contribution is 2.45. The van der Waals surface area contributed by atoms with Gasteiger partial charge in [0.05, 0.1) is 70.0 Å². The summed E-state index contributed by atoms with van der Waals surface area (Å²) < 4.78 is 50.9. The molecule has 0 spiro atoms. The molecular weight excluding hydrogens is 1330 g/mol. The number of nitrogens with two attached hydrogens (primary N) is 1. The Hall–Kier alpha value is -8.30. The number of aromatic carboxylic acids is 1. The Kier molecular flexibility index (Phi) is 18.8. The quantitative estimate of drug-likeness (QED) is 0.0324. The van der Waals surface area contributed by atoms with Crippen LogP contribution >= 0.6 is 56.7 Å². The first-order valence-electron chi connectivity index (χ1n) is 28.8. The van der Waals surface area contributed by atoms with Crippen LogP contribution in [0.3, 0.4) is 0 Å². The summed E-state index contributed by atoms with van der Waals surface area (Å²) in [5.74, 6) is -4.86. The maximum atomic E-state index is 15.1. The summed E-state index contributed by atoms with van der Waals surface area (Å²) in [6.07, 6.45) is -8.26. The van der Waals surface area contributed by atoms with Gasteiger partial charge < -0.3 is 80.1 Å². The first kappa shape index (κ1) is 65.7. The van der Waals surface area contributed by atoms with Crippen LogP contribution < -0.4 is 26.4 Å². The number of esters is 1. The highest BCUT2D eigenvalue weighted by atomic mass is 32.1. The Balaban J connectivity index is 0.976. The standard InChI is InChI=1S/C59H60N12O18S5/c1-23(72)11-37(73)67-40(24(2)82-6)53-64-33(20-92-53)50(76)69-43-45-46(89-38-13-59(4)47(25(3)88-38)70(5)22-87-59)58(80)85-14-26-9-8-10-35-39(26)28(15-84-45)44(71(35)81)57(79)86-16-29(61-49(75)32-19-93-55(43)65-32)52-62-30(17-91-52)41-27(51-63-31(18-90-51)48(60)74)12-36(83-7)42(68-41)54-66-34(21-94-54)56(77)78/h8-10,12,17-21,23,25,29,38,43,45-47,57,72,79,81H,11,13-16,22H2,1-7H3,(H2,60,74)(H,61,75)(H,67,73)(H,69,76)(H,77,78)/b40-24+/t23-,25+,29+,38+,43+,45+,46+,47-,57?,59+/m1/s1. The predicted molar refractivity (Wildman–Crippen MR) is 336 cm³/mol. The molecular formula is C59H60N12O18S5. The summed E-state index contributed by atoms with van der Waals surface area (Å²) in [6, 6.07) is 3.43. The van der Waals surface area contributed by atoms with E-state index in [9.17, 15) is 39.7 Å². The van der Waals surface area contributed by atoms with Crippen LogP contribution in [0.1, 0.15) is 133 Å². The Labute approximate surface area is 553 Å². The van der Waals surface area contributed by atoms with Crippen molar-refractivity contribution in [2.45, 2.75) is 114 Å². The summed E-state index contributed by atoms with van der Waals surface area (Å²) in [4.78, 5) is 113. The average molecular weight is 1390 g/mol. The van der Waals surface area contributed by atoms with Crippen LogP contribution in [0.5, 0.6) is 5.75 Å². The van der Waals surface area contributed by atoms with Crippen LogP contribution in [-0.4, -0.2) is 173 Å². The Bertz CT molecular complexity index is 4310. The number of aliphatic hydroxyl groups is 2. The molecule has 1 unspecified atom stereocenters. The first-order chi connectivity index (χ1) is 45.0. The van der Waals surface area contributed by atoms with Gasteiger partial charge in [-0.25, -0.2) is 39.5 Å². The first-order valence-corrected chi connectivity index (χ1v) is 33.2. The number of cyclic esters (lactones) is 1. The molecule has 2 fully saturated rings. The van der Waals surface area contributed by atoms with E-state index < -0.39 is 110 Å². The van der Waals surface area contributed by atoms with E-state index in [2.05, 4.69) is 30.9 Å². The fourth-order valence-electron chi connectivity index (χ4n) is 11.7. The normalized spacial score (nSPS) is 23.9. The maximum absolute atomic E-state index is 15.1. The average Bonchev–Trinajstić information content (AvgIpc) is 1.57. The number of aromatic nitrogens is 7.